The Hall–Kier alpha value is 0.870. The third-order valence-corrected chi connectivity index (χ3v) is 2.56. The monoisotopic (exact) mass is 246 g/mol. The molecule has 0 amide bonds. The Morgan fingerprint density at radius 1 is 1.20 bits per heavy atom. The second-order valence-electron chi connectivity index (χ2n) is 3.52. The second kappa shape index (κ2) is 10.1. The fourth-order valence-electron chi connectivity index (χ4n) is 1.28. The molecule has 0 rings (SSSR count). The molecule has 6 heteroatoms. The van der Waals surface area contributed by atoms with Gasteiger partial charge in [-0.2, -0.15) is 0 Å². The quantitative estimate of drug-likeness (QED) is 0.244. The molecule has 0 saturated carbocycles. The summed E-state index contributed by atoms with van der Waals surface area (Å²) < 4.78 is 34.9. The van der Waals surface area contributed by atoms with E-state index in [-0.39, 0.29) is 29.6 Å². The van der Waals surface area contributed by atoms with Crippen molar-refractivity contribution in [2.24, 2.45) is 0 Å². The van der Waals surface area contributed by atoms with Gasteiger partial charge >= 0.3 is 29.6 Å². The normalized spacial score (nSPS) is 13.3. The van der Waals surface area contributed by atoms with Crippen LogP contribution in [0.3, 0.4) is 0 Å². The van der Waals surface area contributed by atoms with Crippen molar-refractivity contribution in [1.82, 2.24) is 0 Å². The first-order chi connectivity index (χ1) is 6.45. The number of unbranched alkanes of at least 4 members (excludes halogenated alkanes) is 4. The molecule has 0 heterocycles. The zero-order valence-electron chi connectivity index (χ0n) is 9.86. The average Bonchev–Trinajstić information content (AvgIpc) is 2.00. The van der Waals surface area contributed by atoms with Crippen LogP contribution >= 0.6 is 0 Å². The van der Waals surface area contributed by atoms with E-state index in [1.165, 1.54) is 12.8 Å². The van der Waals surface area contributed by atoms with Gasteiger partial charge in [0.15, 0.2) is 0 Å². The molecule has 0 aromatic heterocycles. The zero-order valence-corrected chi connectivity index (χ0v) is 12.7. The topological polar surface area (TPSA) is 66.4 Å². The van der Waals surface area contributed by atoms with Crippen molar-refractivity contribution >= 4 is 10.4 Å². The van der Waals surface area contributed by atoms with Gasteiger partial charge in [0.05, 0.1) is 6.10 Å². The Morgan fingerprint density at radius 2 is 1.73 bits per heavy atom. The van der Waals surface area contributed by atoms with Crippen molar-refractivity contribution in [3.63, 3.8) is 0 Å². The van der Waals surface area contributed by atoms with E-state index in [2.05, 4.69) is 11.1 Å². The summed E-state index contributed by atoms with van der Waals surface area (Å²) >= 11 is 0. The fourth-order valence-corrected chi connectivity index (χ4v) is 1.78. The first-order valence-electron chi connectivity index (χ1n) is 5.10. The van der Waals surface area contributed by atoms with Gasteiger partial charge < -0.3 is 4.55 Å². The van der Waals surface area contributed by atoms with Gasteiger partial charge in [-0.25, -0.2) is 8.42 Å². The Morgan fingerprint density at radius 3 is 2.20 bits per heavy atom. The minimum absolute atomic E-state index is 0. The van der Waals surface area contributed by atoms with Crippen LogP contribution < -0.4 is 29.6 Å². The molecule has 0 fully saturated rings. The first-order valence-corrected chi connectivity index (χ1v) is 6.43. The molecule has 0 saturated heterocycles. The molecular weight excluding hydrogens is 227 g/mol. The number of rotatable bonds is 8. The van der Waals surface area contributed by atoms with Crippen LogP contribution in [0.25, 0.3) is 0 Å². The van der Waals surface area contributed by atoms with Crippen molar-refractivity contribution in [2.75, 3.05) is 0 Å². The Balaban J connectivity index is 0. The second-order valence-corrected chi connectivity index (χ2v) is 4.53. The van der Waals surface area contributed by atoms with Crippen molar-refractivity contribution < 1.29 is 46.7 Å². The maximum Gasteiger partial charge on any atom is 1.00 e. The van der Waals surface area contributed by atoms with Crippen molar-refractivity contribution in [3.05, 3.63) is 0 Å². The molecule has 0 aliphatic carbocycles. The van der Waals surface area contributed by atoms with Crippen LogP contribution in [0.2, 0.25) is 0 Å². The van der Waals surface area contributed by atoms with Crippen LogP contribution in [-0.2, 0) is 14.6 Å². The largest absolute Gasteiger partial charge is 1.00 e. The molecule has 0 aliphatic rings. The van der Waals surface area contributed by atoms with Crippen molar-refractivity contribution in [1.29, 1.82) is 0 Å². The standard InChI is InChI=1S/C9H20O4S.Na/c1-3-4-5-6-7-8-9(2)13-14(10,11)12;/h9H,3-8H2,1-2H3,(H,10,11,12);/q;+1/p-1. The van der Waals surface area contributed by atoms with Gasteiger partial charge in [0.2, 0.25) is 10.4 Å². The summed E-state index contributed by atoms with van der Waals surface area (Å²) in [6.45, 7) is 3.74. The summed E-state index contributed by atoms with van der Waals surface area (Å²) in [5.74, 6) is 0. The molecular formula is C9H19NaO4S. The molecule has 86 valence electrons. The van der Waals surface area contributed by atoms with Crippen LogP contribution in [0.15, 0.2) is 0 Å². The van der Waals surface area contributed by atoms with E-state index in [1.807, 2.05) is 0 Å². The summed E-state index contributed by atoms with van der Waals surface area (Å²) in [6, 6.07) is 0. The van der Waals surface area contributed by atoms with E-state index in [1.54, 1.807) is 6.92 Å². The first kappa shape index (κ1) is 18.2. The van der Waals surface area contributed by atoms with E-state index >= 15 is 0 Å². The molecule has 0 aliphatic heterocycles. The molecule has 0 radical (unpaired) electrons. The number of hydrogen-bond donors (Lipinski definition) is 0. The molecule has 0 aromatic rings. The summed E-state index contributed by atoms with van der Waals surface area (Å²) in [6.07, 6.45) is 5.67. The van der Waals surface area contributed by atoms with Crippen molar-refractivity contribution in [2.45, 2.75) is 58.5 Å². The van der Waals surface area contributed by atoms with E-state index in [9.17, 15) is 13.0 Å². The van der Waals surface area contributed by atoms with Crippen LogP contribution in [0, 0.1) is 0 Å². The summed E-state index contributed by atoms with van der Waals surface area (Å²) in [5, 5.41) is 0. The summed E-state index contributed by atoms with van der Waals surface area (Å²) in [5.41, 5.74) is 0. The maximum atomic E-state index is 10.2. The molecule has 0 bridgehead atoms. The minimum atomic E-state index is -4.52. The van der Waals surface area contributed by atoms with E-state index in [0.29, 0.717) is 6.42 Å². The minimum Gasteiger partial charge on any atom is -0.726 e. The average molecular weight is 246 g/mol. The van der Waals surface area contributed by atoms with Gasteiger partial charge in [0.25, 0.3) is 0 Å². The third kappa shape index (κ3) is 14.9. The van der Waals surface area contributed by atoms with Crippen LogP contribution in [-0.4, -0.2) is 19.1 Å². The van der Waals surface area contributed by atoms with Crippen LogP contribution in [0.1, 0.15) is 52.4 Å². The molecule has 15 heavy (non-hydrogen) atoms. The number of hydrogen-bond acceptors (Lipinski definition) is 4. The molecule has 1 atom stereocenters. The summed E-state index contributed by atoms with van der Waals surface area (Å²) in [7, 11) is -4.52. The fraction of sp³-hybridized carbons (Fsp3) is 1.00. The Kier molecular flexibility index (Phi) is 12.2. The maximum absolute atomic E-state index is 10.2. The van der Waals surface area contributed by atoms with Crippen LogP contribution in [0.4, 0.5) is 0 Å². The molecule has 0 N–H and O–H groups in total. The third-order valence-electron chi connectivity index (χ3n) is 2.00. The van der Waals surface area contributed by atoms with Gasteiger partial charge in [-0.15, -0.1) is 0 Å². The van der Waals surface area contributed by atoms with Gasteiger partial charge in [-0.1, -0.05) is 39.0 Å². The van der Waals surface area contributed by atoms with E-state index in [4.69, 9.17) is 0 Å². The van der Waals surface area contributed by atoms with Crippen LogP contribution in [0.5, 0.6) is 0 Å². The Bertz CT molecular complexity index is 228. The van der Waals surface area contributed by atoms with Gasteiger partial charge in [-0.3, -0.25) is 4.18 Å². The SMILES string of the molecule is CCCCCCCC(C)OS(=O)(=O)[O-].[Na+]. The molecule has 1 unspecified atom stereocenters. The molecule has 0 spiro atoms. The Labute approximate surface area is 115 Å². The van der Waals surface area contributed by atoms with E-state index < -0.39 is 16.5 Å². The van der Waals surface area contributed by atoms with Crippen molar-refractivity contribution in [3.8, 4) is 0 Å². The van der Waals surface area contributed by atoms with Gasteiger partial charge in [-0.05, 0) is 13.3 Å². The zero-order chi connectivity index (χ0) is 11.0. The predicted molar refractivity (Wildman–Crippen MR) is 53.6 cm³/mol. The predicted octanol–water partition coefficient (Wildman–Crippen LogP) is -0.784. The van der Waals surface area contributed by atoms with Gasteiger partial charge in [0, 0.05) is 0 Å². The smallest absolute Gasteiger partial charge is 0.726 e. The summed E-state index contributed by atoms with van der Waals surface area (Å²) in [4.78, 5) is 0. The molecule has 4 nitrogen and oxygen atoms in total. The van der Waals surface area contributed by atoms with Gasteiger partial charge in [0.1, 0.15) is 0 Å². The van der Waals surface area contributed by atoms with E-state index in [0.717, 1.165) is 19.3 Å². The molecule has 0 aromatic carbocycles.